The van der Waals surface area contributed by atoms with Crippen molar-refractivity contribution in [2.24, 2.45) is 17.3 Å². The van der Waals surface area contributed by atoms with Crippen LogP contribution < -0.4 is 0 Å². The fourth-order valence-electron chi connectivity index (χ4n) is 7.12. The van der Waals surface area contributed by atoms with Crippen LogP contribution in [0.4, 0.5) is 0 Å². The molecular formula is C20H26O6. The Morgan fingerprint density at radius 2 is 1.96 bits per heavy atom. The molecule has 4 aliphatic heterocycles. The predicted octanol–water partition coefficient (Wildman–Crippen LogP) is 1.35. The number of carbonyl (C=O) groups is 1. The van der Waals surface area contributed by atoms with Crippen molar-refractivity contribution in [3.63, 3.8) is 0 Å². The second-order valence-electron chi connectivity index (χ2n) is 9.69. The van der Waals surface area contributed by atoms with Gasteiger partial charge in [0, 0.05) is 16.9 Å². The highest BCUT2D eigenvalue weighted by Crippen LogP contribution is 2.76. The minimum Gasteiger partial charge on any atom is -0.458 e. The van der Waals surface area contributed by atoms with E-state index in [9.17, 15) is 9.90 Å². The van der Waals surface area contributed by atoms with Gasteiger partial charge in [-0.25, -0.2) is 4.79 Å². The van der Waals surface area contributed by atoms with Crippen molar-refractivity contribution < 1.29 is 28.8 Å². The first-order valence-corrected chi connectivity index (χ1v) is 9.81. The summed E-state index contributed by atoms with van der Waals surface area (Å²) in [5.74, 6) is 0.111. The molecule has 4 heterocycles. The fourth-order valence-corrected chi connectivity index (χ4v) is 7.12. The third-order valence-electron chi connectivity index (χ3n) is 8.71. The first-order chi connectivity index (χ1) is 12.2. The van der Waals surface area contributed by atoms with Crippen LogP contribution in [0.3, 0.4) is 0 Å². The molecule has 6 nitrogen and oxygen atoms in total. The molecule has 3 saturated heterocycles. The van der Waals surface area contributed by atoms with Crippen LogP contribution >= 0.6 is 0 Å². The van der Waals surface area contributed by atoms with E-state index in [1.807, 2.05) is 6.92 Å². The lowest BCUT2D eigenvalue weighted by Gasteiger charge is -2.59. The summed E-state index contributed by atoms with van der Waals surface area (Å²) in [5, 5.41) is 11.4. The lowest BCUT2D eigenvalue weighted by atomic mass is 9.49. The molecule has 1 N–H and O–H groups in total. The van der Waals surface area contributed by atoms with Gasteiger partial charge >= 0.3 is 5.97 Å². The molecule has 6 rings (SSSR count). The first kappa shape index (κ1) is 16.0. The number of aliphatic hydroxyl groups is 1. The fraction of sp³-hybridized carbons (Fsp3) is 0.850. The van der Waals surface area contributed by atoms with Crippen molar-refractivity contribution in [1.29, 1.82) is 0 Å². The number of cyclic esters (lactones) is 1. The van der Waals surface area contributed by atoms with Crippen LogP contribution in [0.15, 0.2) is 11.1 Å². The standard InChI is InChI=1S/C20H26O6/c1-9(2)19-13(25-19)14-20(26-14)17(3)6-5-10-11(7-23-15(10)21)12(17)8-24-18(20,4)16(19)22/h9,12-14,16,22H,5-8H2,1-4H3/t12?,13-,14-,16?,17-,18+,19-,20+/m0/s1. The molecule has 4 fully saturated rings. The molecule has 0 aromatic rings. The van der Waals surface area contributed by atoms with Crippen molar-refractivity contribution in [3.05, 3.63) is 11.1 Å². The Bertz CT molecular complexity index is 774. The van der Waals surface area contributed by atoms with Gasteiger partial charge in [-0.3, -0.25) is 0 Å². The lowest BCUT2D eigenvalue weighted by Crippen LogP contribution is -2.74. The number of hydrogen-bond acceptors (Lipinski definition) is 6. The molecule has 26 heavy (non-hydrogen) atoms. The zero-order chi connectivity index (χ0) is 18.3. The van der Waals surface area contributed by atoms with Crippen molar-refractivity contribution in [2.45, 2.75) is 75.7 Å². The summed E-state index contributed by atoms with van der Waals surface area (Å²) >= 11 is 0. The third-order valence-corrected chi connectivity index (χ3v) is 8.71. The second-order valence-corrected chi connectivity index (χ2v) is 9.69. The minimum atomic E-state index is -0.804. The molecule has 1 spiro atoms. The van der Waals surface area contributed by atoms with Gasteiger partial charge in [0.2, 0.25) is 0 Å². The SMILES string of the molecule is CC(C)[C@]12O[C@H]1[C@@H]1O[C@@]13[C@@]1(C)CCC4=C(COC4=O)C1CO[C@]3(C)C2O. The number of ether oxygens (including phenoxy) is 4. The normalized spacial score (nSPS) is 59.1. The van der Waals surface area contributed by atoms with Gasteiger partial charge in [0.15, 0.2) is 0 Å². The minimum absolute atomic E-state index is 0.0497. The summed E-state index contributed by atoms with van der Waals surface area (Å²) in [6.45, 7) is 9.29. The largest absolute Gasteiger partial charge is 0.458 e. The molecule has 8 atom stereocenters. The summed E-state index contributed by atoms with van der Waals surface area (Å²) in [5.41, 5.74) is -0.208. The molecule has 2 aliphatic carbocycles. The molecule has 0 radical (unpaired) electrons. The maximum atomic E-state index is 12.0. The van der Waals surface area contributed by atoms with Crippen LogP contribution in [-0.4, -0.2) is 59.4 Å². The van der Waals surface area contributed by atoms with Crippen molar-refractivity contribution in [3.8, 4) is 0 Å². The summed E-state index contributed by atoms with van der Waals surface area (Å²) in [6.07, 6.45) is 0.711. The molecule has 0 amide bonds. The Morgan fingerprint density at radius 3 is 2.69 bits per heavy atom. The van der Waals surface area contributed by atoms with E-state index in [0.29, 0.717) is 19.6 Å². The van der Waals surface area contributed by atoms with E-state index in [2.05, 4.69) is 20.8 Å². The molecule has 6 heteroatoms. The summed E-state index contributed by atoms with van der Waals surface area (Å²) in [4.78, 5) is 12.0. The number of hydrogen-bond donors (Lipinski definition) is 1. The van der Waals surface area contributed by atoms with Gasteiger partial charge in [0.05, 0.1) is 6.61 Å². The average Bonchev–Trinajstić information content (AvgIpc) is 3.46. The monoisotopic (exact) mass is 362 g/mol. The van der Waals surface area contributed by atoms with Gasteiger partial charge in [-0.1, -0.05) is 20.8 Å². The number of esters is 1. The van der Waals surface area contributed by atoms with Crippen LogP contribution in [0.25, 0.3) is 0 Å². The molecule has 6 aliphatic rings. The van der Waals surface area contributed by atoms with Gasteiger partial charge in [-0.15, -0.1) is 0 Å². The van der Waals surface area contributed by atoms with Gasteiger partial charge < -0.3 is 24.1 Å². The van der Waals surface area contributed by atoms with Crippen molar-refractivity contribution in [2.75, 3.05) is 13.2 Å². The lowest BCUT2D eigenvalue weighted by molar-refractivity contribution is -0.253. The van der Waals surface area contributed by atoms with Gasteiger partial charge in [0.25, 0.3) is 0 Å². The molecule has 2 unspecified atom stereocenters. The van der Waals surface area contributed by atoms with Crippen LogP contribution in [-0.2, 0) is 23.7 Å². The Morgan fingerprint density at radius 1 is 1.19 bits per heavy atom. The van der Waals surface area contributed by atoms with Crippen LogP contribution in [0.2, 0.25) is 0 Å². The molecule has 142 valence electrons. The van der Waals surface area contributed by atoms with Gasteiger partial charge in [-0.05, 0) is 31.3 Å². The van der Waals surface area contributed by atoms with Crippen molar-refractivity contribution in [1.82, 2.24) is 0 Å². The number of epoxide rings is 2. The van der Waals surface area contributed by atoms with E-state index in [1.54, 1.807) is 0 Å². The number of fused-ring (bicyclic) bond motifs is 4. The Labute approximate surface area is 152 Å². The van der Waals surface area contributed by atoms with E-state index < -0.39 is 22.9 Å². The summed E-state index contributed by atoms with van der Waals surface area (Å²) in [6, 6.07) is 0. The molecule has 0 aromatic carbocycles. The van der Waals surface area contributed by atoms with E-state index in [-0.39, 0.29) is 35.4 Å². The summed E-state index contributed by atoms with van der Waals surface area (Å²) in [7, 11) is 0. The topological polar surface area (TPSA) is 80.8 Å². The van der Waals surface area contributed by atoms with Gasteiger partial charge in [0.1, 0.15) is 41.7 Å². The Kier molecular flexibility index (Phi) is 2.60. The zero-order valence-corrected chi connectivity index (χ0v) is 15.7. The maximum Gasteiger partial charge on any atom is 0.334 e. The smallest absolute Gasteiger partial charge is 0.334 e. The van der Waals surface area contributed by atoms with Crippen LogP contribution in [0.1, 0.15) is 40.5 Å². The van der Waals surface area contributed by atoms with E-state index in [4.69, 9.17) is 18.9 Å². The number of carbonyl (C=O) groups excluding carboxylic acids is 1. The third kappa shape index (κ3) is 1.32. The molecule has 0 bridgehead atoms. The Hall–Kier alpha value is -0.950. The number of aliphatic hydroxyl groups excluding tert-OH is 1. The highest BCUT2D eigenvalue weighted by molar-refractivity contribution is 5.92. The second kappa shape index (κ2) is 4.22. The first-order valence-electron chi connectivity index (χ1n) is 9.81. The highest BCUT2D eigenvalue weighted by Gasteiger charge is 2.93. The Balaban J connectivity index is 1.48. The van der Waals surface area contributed by atoms with E-state index >= 15 is 0 Å². The predicted molar refractivity (Wildman–Crippen MR) is 89.2 cm³/mol. The van der Waals surface area contributed by atoms with Crippen LogP contribution in [0, 0.1) is 17.3 Å². The van der Waals surface area contributed by atoms with Gasteiger partial charge in [-0.2, -0.15) is 0 Å². The maximum absolute atomic E-state index is 12.0. The zero-order valence-electron chi connectivity index (χ0n) is 15.7. The molecule has 1 saturated carbocycles. The van der Waals surface area contributed by atoms with E-state index in [1.165, 1.54) is 0 Å². The quantitative estimate of drug-likeness (QED) is 0.560. The average molecular weight is 362 g/mol. The molecule has 0 aromatic heterocycles. The van der Waals surface area contributed by atoms with E-state index in [0.717, 1.165) is 17.6 Å². The van der Waals surface area contributed by atoms with Crippen LogP contribution in [0.5, 0.6) is 0 Å². The highest BCUT2D eigenvalue weighted by atomic mass is 16.7. The summed E-state index contributed by atoms with van der Waals surface area (Å²) < 4.78 is 24.3. The van der Waals surface area contributed by atoms with Crippen molar-refractivity contribution >= 4 is 5.97 Å². The number of rotatable bonds is 1. The molecular weight excluding hydrogens is 336 g/mol.